The molecule has 0 saturated heterocycles. The van der Waals surface area contributed by atoms with Crippen LogP contribution in [0.25, 0.3) is 0 Å². The van der Waals surface area contributed by atoms with Gasteiger partial charge in [-0.2, -0.15) is 0 Å². The van der Waals surface area contributed by atoms with Crippen LogP contribution in [0.1, 0.15) is 17.4 Å². The summed E-state index contributed by atoms with van der Waals surface area (Å²) >= 11 is 1.70. The minimum Gasteiger partial charge on any atom is -0.504 e. The van der Waals surface area contributed by atoms with Crippen LogP contribution < -0.4 is 15.4 Å². The van der Waals surface area contributed by atoms with E-state index in [4.69, 9.17) is 4.74 Å². The van der Waals surface area contributed by atoms with E-state index in [2.05, 4.69) is 27.1 Å². The van der Waals surface area contributed by atoms with Gasteiger partial charge in [-0.15, -0.1) is 11.3 Å². The van der Waals surface area contributed by atoms with Gasteiger partial charge in [0.25, 0.3) is 0 Å². The smallest absolute Gasteiger partial charge is 0.191 e. The molecule has 0 aliphatic carbocycles. The van der Waals surface area contributed by atoms with Crippen LogP contribution in [0.2, 0.25) is 0 Å². The van der Waals surface area contributed by atoms with E-state index in [1.54, 1.807) is 24.5 Å². The number of ether oxygens (including phenoxy) is 1. The topological polar surface area (TPSA) is 65.9 Å². The van der Waals surface area contributed by atoms with Crippen LogP contribution in [0, 0.1) is 0 Å². The van der Waals surface area contributed by atoms with Crippen molar-refractivity contribution in [3.8, 4) is 11.5 Å². The predicted molar refractivity (Wildman–Crippen MR) is 95.5 cm³/mol. The number of rotatable bonds is 7. The molecule has 0 saturated carbocycles. The standard InChI is InChI=1S/C17H23N3O2S/c1-3-18-17(20-12-14-7-5-11-23-14)19-10-9-13-6-4-8-15(22-2)16(13)21/h4-8,11,21H,3,9-10,12H2,1-2H3,(H2,18,19,20). The fourth-order valence-electron chi connectivity index (χ4n) is 2.15. The van der Waals surface area contributed by atoms with Gasteiger partial charge >= 0.3 is 0 Å². The Hall–Kier alpha value is -2.21. The number of phenolic OH excluding ortho intramolecular Hbond substituents is 1. The Bertz CT molecular complexity index is 627. The van der Waals surface area contributed by atoms with Gasteiger partial charge in [0.15, 0.2) is 17.5 Å². The molecule has 0 amide bonds. The van der Waals surface area contributed by atoms with Crippen molar-refractivity contribution in [3.05, 3.63) is 46.2 Å². The minimum atomic E-state index is 0.206. The van der Waals surface area contributed by atoms with E-state index in [0.29, 0.717) is 25.3 Å². The maximum absolute atomic E-state index is 10.1. The molecule has 23 heavy (non-hydrogen) atoms. The highest BCUT2D eigenvalue weighted by atomic mass is 32.1. The van der Waals surface area contributed by atoms with Crippen LogP contribution in [0.3, 0.4) is 0 Å². The number of phenols is 1. The second-order valence-electron chi connectivity index (χ2n) is 4.92. The molecule has 0 unspecified atom stereocenters. The van der Waals surface area contributed by atoms with Gasteiger partial charge in [0.05, 0.1) is 13.7 Å². The van der Waals surface area contributed by atoms with Crippen LogP contribution in [-0.4, -0.2) is 31.3 Å². The molecular formula is C17H23N3O2S. The second kappa shape index (κ2) is 9.05. The van der Waals surface area contributed by atoms with Gasteiger partial charge in [0.1, 0.15) is 0 Å². The molecule has 0 fully saturated rings. The third-order valence-corrected chi connectivity index (χ3v) is 4.17. The number of para-hydroxylation sites is 1. The number of hydrogen-bond acceptors (Lipinski definition) is 4. The Balaban J connectivity index is 1.90. The summed E-state index contributed by atoms with van der Waals surface area (Å²) in [5.41, 5.74) is 0.853. The number of thiophene rings is 1. The molecule has 5 nitrogen and oxygen atoms in total. The maximum Gasteiger partial charge on any atom is 0.191 e. The van der Waals surface area contributed by atoms with E-state index >= 15 is 0 Å². The van der Waals surface area contributed by atoms with Crippen LogP contribution in [0.4, 0.5) is 0 Å². The van der Waals surface area contributed by atoms with Crippen molar-refractivity contribution >= 4 is 17.3 Å². The summed E-state index contributed by atoms with van der Waals surface area (Å²) in [5.74, 6) is 1.49. The van der Waals surface area contributed by atoms with Crippen molar-refractivity contribution in [1.82, 2.24) is 10.6 Å². The van der Waals surface area contributed by atoms with Gasteiger partial charge in [-0.05, 0) is 36.4 Å². The minimum absolute atomic E-state index is 0.206. The number of nitrogens with one attached hydrogen (secondary N) is 2. The number of aromatic hydroxyl groups is 1. The highest BCUT2D eigenvalue weighted by Gasteiger charge is 2.07. The molecule has 1 heterocycles. The Kier molecular flexibility index (Phi) is 6.75. The Labute approximate surface area is 141 Å². The average molecular weight is 333 g/mol. The van der Waals surface area contributed by atoms with Crippen LogP contribution >= 0.6 is 11.3 Å². The lowest BCUT2D eigenvalue weighted by atomic mass is 10.1. The molecule has 124 valence electrons. The Morgan fingerprint density at radius 3 is 2.83 bits per heavy atom. The van der Waals surface area contributed by atoms with Gasteiger partial charge in [0.2, 0.25) is 0 Å². The summed E-state index contributed by atoms with van der Waals surface area (Å²) in [6.45, 7) is 4.19. The molecule has 1 aromatic carbocycles. The zero-order chi connectivity index (χ0) is 16.5. The third kappa shape index (κ3) is 5.17. The van der Waals surface area contributed by atoms with Crippen molar-refractivity contribution in [1.29, 1.82) is 0 Å². The molecule has 1 aromatic heterocycles. The number of methoxy groups -OCH3 is 1. The zero-order valence-electron chi connectivity index (χ0n) is 13.5. The summed E-state index contributed by atoms with van der Waals surface area (Å²) in [5, 5.41) is 18.7. The summed E-state index contributed by atoms with van der Waals surface area (Å²) < 4.78 is 5.13. The quantitative estimate of drug-likeness (QED) is 0.538. The SMILES string of the molecule is CCNC(=NCc1cccs1)NCCc1cccc(OC)c1O. The molecule has 0 aliphatic rings. The van der Waals surface area contributed by atoms with E-state index < -0.39 is 0 Å². The van der Waals surface area contributed by atoms with Crippen molar-refractivity contribution in [2.45, 2.75) is 19.9 Å². The summed E-state index contributed by atoms with van der Waals surface area (Å²) in [6, 6.07) is 9.63. The number of benzene rings is 1. The second-order valence-corrected chi connectivity index (χ2v) is 5.95. The largest absolute Gasteiger partial charge is 0.504 e. The molecule has 0 aliphatic heterocycles. The molecule has 2 rings (SSSR count). The monoisotopic (exact) mass is 333 g/mol. The lowest BCUT2D eigenvalue weighted by Gasteiger charge is -2.12. The van der Waals surface area contributed by atoms with Gasteiger partial charge < -0.3 is 20.5 Å². The molecule has 3 N–H and O–H groups in total. The first-order valence-corrected chi connectivity index (χ1v) is 8.52. The number of nitrogens with zero attached hydrogens (tertiary/aromatic N) is 1. The highest BCUT2D eigenvalue weighted by molar-refractivity contribution is 7.09. The molecule has 0 radical (unpaired) electrons. The van der Waals surface area contributed by atoms with Crippen molar-refractivity contribution < 1.29 is 9.84 Å². The van der Waals surface area contributed by atoms with E-state index in [-0.39, 0.29) is 5.75 Å². The van der Waals surface area contributed by atoms with E-state index in [9.17, 15) is 5.11 Å². The molecule has 2 aromatic rings. The highest BCUT2D eigenvalue weighted by Crippen LogP contribution is 2.29. The van der Waals surface area contributed by atoms with Crippen molar-refractivity contribution in [2.24, 2.45) is 4.99 Å². The third-order valence-electron chi connectivity index (χ3n) is 3.31. The summed E-state index contributed by atoms with van der Waals surface area (Å²) in [7, 11) is 1.55. The molecule has 0 bridgehead atoms. The molecule has 0 atom stereocenters. The summed E-state index contributed by atoms with van der Waals surface area (Å²) in [4.78, 5) is 5.79. The van der Waals surface area contributed by atoms with E-state index in [1.165, 1.54) is 4.88 Å². The fraction of sp³-hybridized carbons (Fsp3) is 0.353. The first-order chi connectivity index (χ1) is 11.2. The van der Waals surface area contributed by atoms with Gasteiger partial charge in [-0.1, -0.05) is 18.2 Å². The Morgan fingerprint density at radius 2 is 2.13 bits per heavy atom. The maximum atomic E-state index is 10.1. The van der Waals surface area contributed by atoms with Gasteiger partial charge in [0, 0.05) is 18.0 Å². The number of guanidine groups is 1. The van der Waals surface area contributed by atoms with E-state index in [1.807, 2.05) is 25.1 Å². The number of hydrogen-bond donors (Lipinski definition) is 3. The average Bonchev–Trinajstić information content (AvgIpc) is 3.07. The normalized spacial score (nSPS) is 11.3. The van der Waals surface area contributed by atoms with Crippen LogP contribution in [0.15, 0.2) is 40.7 Å². The van der Waals surface area contributed by atoms with Gasteiger partial charge in [-0.25, -0.2) is 4.99 Å². The number of aliphatic imine (C=N–C) groups is 1. The van der Waals surface area contributed by atoms with Gasteiger partial charge in [-0.3, -0.25) is 0 Å². The molecule has 0 spiro atoms. The van der Waals surface area contributed by atoms with Crippen molar-refractivity contribution in [3.63, 3.8) is 0 Å². The lowest BCUT2D eigenvalue weighted by molar-refractivity contribution is 0.370. The Morgan fingerprint density at radius 1 is 1.26 bits per heavy atom. The lowest BCUT2D eigenvalue weighted by Crippen LogP contribution is -2.38. The van der Waals surface area contributed by atoms with Crippen molar-refractivity contribution in [2.75, 3.05) is 20.2 Å². The molecule has 6 heteroatoms. The zero-order valence-corrected chi connectivity index (χ0v) is 14.3. The van der Waals surface area contributed by atoms with E-state index in [0.717, 1.165) is 18.1 Å². The first kappa shape index (κ1) is 17.1. The summed E-state index contributed by atoms with van der Waals surface area (Å²) in [6.07, 6.45) is 0.687. The molecular weight excluding hydrogens is 310 g/mol. The first-order valence-electron chi connectivity index (χ1n) is 7.64. The van der Waals surface area contributed by atoms with Crippen LogP contribution in [-0.2, 0) is 13.0 Å². The fourth-order valence-corrected chi connectivity index (χ4v) is 2.78. The predicted octanol–water partition coefficient (Wildman–Crippen LogP) is 2.76. The van der Waals surface area contributed by atoms with Crippen LogP contribution in [0.5, 0.6) is 11.5 Å².